The van der Waals surface area contributed by atoms with Gasteiger partial charge in [0.1, 0.15) is 17.3 Å². The van der Waals surface area contributed by atoms with Crippen LogP contribution >= 0.6 is 15.9 Å². The van der Waals surface area contributed by atoms with Crippen LogP contribution in [0.5, 0.6) is 0 Å². The first kappa shape index (κ1) is 15.3. The van der Waals surface area contributed by atoms with Gasteiger partial charge >= 0.3 is 0 Å². The van der Waals surface area contributed by atoms with Gasteiger partial charge in [0.15, 0.2) is 0 Å². The Balaban J connectivity index is 2.36. The number of rotatable bonds is 4. The van der Waals surface area contributed by atoms with Gasteiger partial charge in [-0.1, -0.05) is 15.9 Å². The molecule has 0 amide bonds. The molecule has 20 heavy (non-hydrogen) atoms. The quantitative estimate of drug-likeness (QED) is 0.879. The average molecular weight is 340 g/mol. The van der Waals surface area contributed by atoms with Crippen molar-refractivity contribution in [1.82, 2.24) is 5.32 Å². The van der Waals surface area contributed by atoms with Gasteiger partial charge in [-0.3, -0.25) is 0 Å². The van der Waals surface area contributed by atoms with Crippen LogP contribution in [0, 0.1) is 26.6 Å². The number of hydrogen-bond acceptors (Lipinski definition) is 2. The molecule has 0 aliphatic carbocycles. The van der Waals surface area contributed by atoms with Gasteiger partial charge in [-0.25, -0.2) is 4.39 Å². The van der Waals surface area contributed by atoms with Gasteiger partial charge in [-0.15, -0.1) is 0 Å². The van der Waals surface area contributed by atoms with Crippen LogP contribution in [0.15, 0.2) is 27.1 Å². The minimum absolute atomic E-state index is 0.102. The molecule has 0 spiro atoms. The molecule has 0 fully saturated rings. The second kappa shape index (κ2) is 6.10. The molecule has 1 N–H and O–H groups in total. The lowest BCUT2D eigenvalue weighted by atomic mass is 9.96. The maximum atomic E-state index is 13.4. The van der Waals surface area contributed by atoms with Crippen molar-refractivity contribution in [3.8, 4) is 0 Å². The van der Waals surface area contributed by atoms with Crippen LogP contribution in [0.3, 0.4) is 0 Å². The molecule has 0 saturated carbocycles. The molecule has 108 valence electrons. The predicted octanol–water partition coefficient (Wildman–Crippen LogP) is 4.61. The van der Waals surface area contributed by atoms with E-state index in [1.807, 2.05) is 20.9 Å². The van der Waals surface area contributed by atoms with E-state index >= 15 is 0 Å². The number of nitrogens with one attached hydrogen (secondary N) is 1. The summed E-state index contributed by atoms with van der Waals surface area (Å²) in [6, 6.07) is 4.88. The number of likely N-dealkylation sites (N-methyl/N-ethyl adjacent to an activating group) is 1. The maximum Gasteiger partial charge on any atom is 0.123 e. The van der Waals surface area contributed by atoms with Gasteiger partial charge in [-0.2, -0.15) is 0 Å². The van der Waals surface area contributed by atoms with Gasteiger partial charge in [0.2, 0.25) is 0 Å². The molecule has 0 bridgehead atoms. The van der Waals surface area contributed by atoms with Gasteiger partial charge in [-0.05, 0) is 63.6 Å². The number of aryl methyl sites for hydroxylation is 2. The zero-order chi connectivity index (χ0) is 14.9. The van der Waals surface area contributed by atoms with E-state index in [4.69, 9.17) is 4.42 Å². The number of hydrogen-bond donors (Lipinski definition) is 1. The largest absolute Gasteiger partial charge is 0.466 e. The lowest BCUT2D eigenvalue weighted by molar-refractivity contribution is 0.489. The first-order chi connectivity index (χ1) is 9.43. The van der Waals surface area contributed by atoms with E-state index in [0.717, 1.165) is 27.1 Å². The molecular formula is C16H19BrFNO. The molecule has 1 heterocycles. The average Bonchev–Trinajstić information content (AvgIpc) is 2.65. The Bertz CT molecular complexity index is 621. The summed E-state index contributed by atoms with van der Waals surface area (Å²) in [5.74, 6) is 1.65. The highest BCUT2D eigenvalue weighted by molar-refractivity contribution is 9.10. The molecule has 2 aromatic rings. The van der Waals surface area contributed by atoms with E-state index in [1.165, 1.54) is 11.6 Å². The summed E-state index contributed by atoms with van der Waals surface area (Å²) in [5, 5.41) is 3.31. The zero-order valence-corrected chi connectivity index (χ0v) is 13.8. The summed E-state index contributed by atoms with van der Waals surface area (Å²) in [4.78, 5) is 0. The van der Waals surface area contributed by atoms with Crippen LogP contribution < -0.4 is 5.32 Å². The minimum Gasteiger partial charge on any atom is -0.466 e. The third-order valence-electron chi connectivity index (χ3n) is 3.75. The molecule has 2 nitrogen and oxygen atoms in total. The highest BCUT2D eigenvalue weighted by atomic mass is 79.9. The molecule has 0 aliphatic heterocycles. The standard InChI is InChI=1S/C16H19BrFNO/c1-9-10(2)20-11(3)16(9)15(19-4)8-12-7-13(18)5-6-14(12)17/h5-7,15,19H,8H2,1-4H3. The third kappa shape index (κ3) is 2.96. The summed E-state index contributed by atoms with van der Waals surface area (Å²) in [5.41, 5.74) is 3.28. The van der Waals surface area contributed by atoms with Crippen LogP contribution in [0.4, 0.5) is 4.39 Å². The molecule has 0 radical (unpaired) electrons. The van der Waals surface area contributed by atoms with Crippen molar-refractivity contribution in [3.05, 3.63) is 56.7 Å². The molecule has 1 unspecified atom stereocenters. The number of benzene rings is 1. The smallest absolute Gasteiger partial charge is 0.123 e. The van der Waals surface area contributed by atoms with E-state index in [1.54, 1.807) is 12.1 Å². The zero-order valence-electron chi connectivity index (χ0n) is 12.2. The van der Waals surface area contributed by atoms with E-state index in [0.29, 0.717) is 6.42 Å². The highest BCUT2D eigenvalue weighted by Gasteiger charge is 2.21. The Labute approximate surface area is 127 Å². The van der Waals surface area contributed by atoms with Crippen molar-refractivity contribution in [2.75, 3.05) is 7.05 Å². The monoisotopic (exact) mass is 339 g/mol. The normalized spacial score (nSPS) is 12.7. The van der Waals surface area contributed by atoms with Crippen molar-refractivity contribution < 1.29 is 8.81 Å². The molecular weight excluding hydrogens is 321 g/mol. The van der Waals surface area contributed by atoms with Crippen molar-refractivity contribution >= 4 is 15.9 Å². The Morgan fingerprint density at radius 1 is 1.25 bits per heavy atom. The summed E-state index contributed by atoms with van der Waals surface area (Å²) in [7, 11) is 1.92. The Morgan fingerprint density at radius 3 is 2.50 bits per heavy atom. The summed E-state index contributed by atoms with van der Waals surface area (Å²) >= 11 is 3.49. The van der Waals surface area contributed by atoms with Gasteiger partial charge in [0.25, 0.3) is 0 Å². The van der Waals surface area contributed by atoms with Crippen molar-refractivity contribution in [3.63, 3.8) is 0 Å². The Kier molecular flexibility index (Phi) is 4.66. The van der Waals surface area contributed by atoms with E-state index in [9.17, 15) is 4.39 Å². The summed E-state index contributed by atoms with van der Waals surface area (Å²) in [6.07, 6.45) is 0.704. The van der Waals surface area contributed by atoms with Gasteiger partial charge < -0.3 is 9.73 Å². The lowest BCUT2D eigenvalue weighted by Crippen LogP contribution is -2.20. The number of furan rings is 1. The SMILES string of the molecule is CNC(Cc1cc(F)ccc1Br)c1c(C)oc(C)c1C. The lowest BCUT2D eigenvalue weighted by Gasteiger charge is -2.18. The molecule has 4 heteroatoms. The minimum atomic E-state index is -0.213. The van der Waals surface area contributed by atoms with Crippen LogP contribution in [0.25, 0.3) is 0 Å². The fourth-order valence-corrected chi connectivity index (χ4v) is 3.00. The molecule has 0 aliphatic rings. The Hall–Kier alpha value is -1.13. The third-order valence-corrected chi connectivity index (χ3v) is 4.52. The first-order valence-electron chi connectivity index (χ1n) is 6.61. The van der Waals surface area contributed by atoms with Gasteiger partial charge in [0, 0.05) is 16.1 Å². The second-order valence-corrected chi connectivity index (χ2v) is 5.89. The van der Waals surface area contributed by atoms with Crippen molar-refractivity contribution in [2.45, 2.75) is 33.2 Å². The van der Waals surface area contributed by atoms with Gasteiger partial charge in [0.05, 0.1) is 0 Å². The highest BCUT2D eigenvalue weighted by Crippen LogP contribution is 2.31. The molecule has 1 aromatic carbocycles. The Morgan fingerprint density at radius 2 is 1.95 bits per heavy atom. The topological polar surface area (TPSA) is 25.2 Å². The number of halogens is 2. The van der Waals surface area contributed by atoms with E-state index in [-0.39, 0.29) is 11.9 Å². The predicted molar refractivity (Wildman–Crippen MR) is 82.5 cm³/mol. The molecule has 1 aromatic heterocycles. The maximum absolute atomic E-state index is 13.4. The fraction of sp³-hybridized carbons (Fsp3) is 0.375. The first-order valence-corrected chi connectivity index (χ1v) is 7.41. The molecule has 2 rings (SSSR count). The summed E-state index contributed by atoms with van der Waals surface area (Å²) < 4.78 is 20.0. The van der Waals surface area contributed by atoms with Crippen LogP contribution in [-0.2, 0) is 6.42 Å². The fourth-order valence-electron chi connectivity index (χ4n) is 2.59. The van der Waals surface area contributed by atoms with E-state index < -0.39 is 0 Å². The van der Waals surface area contributed by atoms with Crippen molar-refractivity contribution in [2.24, 2.45) is 0 Å². The van der Waals surface area contributed by atoms with Crippen LogP contribution in [0.1, 0.15) is 34.3 Å². The second-order valence-electron chi connectivity index (χ2n) is 5.03. The van der Waals surface area contributed by atoms with Crippen LogP contribution in [0.2, 0.25) is 0 Å². The molecule has 0 saturated heterocycles. The van der Waals surface area contributed by atoms with Crippen molar-refractivity contribution in [1.29, 1.82) is 0 Å². The summed E-state index contributed by atoms with van der Waals surface area (Å²) in [6.45, 7) is 6.00. The van der Waals surface area contributed by atoms with E-state index in [2.05, 4.69) is 28.2 Å². The van der Waals surface area contributed by atoms with Crippen LogP contribution in [-0.4, -0.2) is 7.05 Å². The molecule has 1 atom stereocenters.